The standard InChI is InChI=1S/C8H12O4.Na.H/c9-7(10)5-3-1-2-4-6(5)8(11)12;;/h5-6H,1-4H2,(H,9,10)(H,11,12);;. The Kier molecular flexibility index (Phi) is 5.60. The van der Waals surface area contributed by atoms with Crippen LogP contribution >= 0.6 is 0 Å². The first-order valence-electron chi connectivity index (χ1n) is 4.08. The molecule has 0 aromatic rings. The van der Waals surface area contributed by atoms with Gasteiger partial charge in [-0.05, 0) is 12.8 Å². The van der Waals surface area contributed by atoms with E-state index in [1.54, 1.807) is 0 Å². The van der Waals surface area contributed by atoms with Crippen molar-refractivity contribution in [3.63, 3.8) is 0 Å². The van der Waals surface area contributed by atoms with E-state index in [4.69, 9.17) is 10.2 Å². The maximum absolute atomic E-state index is 10.6. The van der Waals surface area contributed by atoms with Crippen molar-refractivity contribution in [3.05, 3.63) is 0 Å². The maximum atomic E-state index is 10.6. The van der Waals surface area contributed by atoms with Gasteiger partial charge in [0.05, 0.1) is 11.8 Å². The van der Waals surface area contributed by atoms with Crippen LogP contribution in [0.2, 0.25) is 0 Å². The average Bonchev–Trinajstić information content (AvgIpc) is 2.04. The predicted octanol–water partition coefficient (Wildman–Crippen LogP) is 0.313. The first kappa shape index (κ1) is 12.9. The molecule has 2 N–H and O–H groups in total. The molecule has 0 aliphatic heterocycles. The van der Waals surface area contributed by atoms with Crippen LogP contribution in [-0.2, 0) is 9.59 Å². The van der Waals surface area contributed by atoms with Crippen LogP contribution in [-0.4, -0.2) is 51.7 Å². The van der Waals surface area contributed by atoms with Gasteiger partial charge < -0.3 is 10.2 Å². The number of carboxylic acids is 2. The third kappa shape index (κ3) is 3.29. The van der Waals surface area contributed by atoms with Crippen LogP contribution in [0.15, 0.2) is 0 Å². The molecule has 0 bridgehead atoms. The molecular formula is C8H13NaO4. The number of hydrogen-bond donors (Lipinski definition) is 2. The van der Waals surface area contributed by atoms with Crippen molar-refractivity contribution < 1.29 is 19.8 Å². The van der Waals surface area contributed by atoms with Crippen LogP contribution < -0.4 is 0 Å². The molecule has 1 fully saturated rings. The Morgan fingerprint density at radius 3 is 1.46 bits per heavy atom. The Balaban J connectivity index is 0.00000144. The van der Waals surface area contributed by atoms with Crippen LogP contribution in [0.3, 0.4) is 0 Å². The molecule has 0 radical (unpaired) electrons. The summed E-state index contributed by atoms with van der Waals surface area (Å²) in [6.45, 7) is 0. The number of carboxylic acid groups (broad SMARTS) is 2. The van der Waals surface area contributed by atoms with Crippen LogP contribution in [0.5, 0.6) is 0 Å². The molecule has 0 aromatic carbocycles. The van der Waals surface area contributed by atoms with Gasteiger partial charge in [-0.25, -0.2) is 0 Å². The summed E-state index contributed by atoms with van der Waals surface area (Å²) >= 11 is 0. The van der Waals surface area contributed by atoms with Gasteiger partial charge in [-0.15, -0.1) is 0 Å². The summed E-state index contributed by atoms with van der Waals surface area (Å²) < 4.78 is 0. The zero-order valence-electron chi connectivity index (χ0n) is 6.69. The number of hydrogen-bond acceptors (Lipinski definition) is 2. The second-order valence-corrected chi connectivity index (χ2v) is 3.17. The Bertz CT molecular complexity index is 182. The van der Waals surface area contributed by atoms with E-state index < -0.39 is 23.8 Å². The van der Waals surface area contributed by atoms with Gasteiger partial charge in [0, 0.05) is 0 Å². The van der Waals surface area contributed by atoms with Gasteiger partial charge in [0.15, 0.2) is 0 Å². The van der Waals surface area contributed by atoms with Crippen molar-refractivity contribution in [1.29, 1.82) is 0 Å². The van der Waals surface area contributed by atoms with Crippen LogP contribution in [0.25, 0.3) is 0 Å². The molecule has 2 unspecified atom stereocenters. The minimum absolute atomic E-state index is 0. The second kappa shape index (κ2) is 5.62. The van der Waals surface area contributed by atoms with Crippen LogP contribution in [0, 0.1) is 11.8 Å². The van der Waals surface area contributed by atoms with Crippen molar-refractivity contribution in [2.45, 2.75) is 25.7 Å². The Morgan fingerprint density at radius 1 is 0.923 bits per heavy atom. The first-order valence-corrected chi connectivity index (χ1v) is 4.08. The third-order valence-electron chi connectivity index (χ3n) is 2.40. The van der Waals surface area contributed by atoms with Crippen molar-refractivity contribution in [1.82, 2.24) is 0 Å². The molecule has 0 heterocycles. The zero-order chi connectivity index (χ0) is 9.14. The van der Waals surface area contributed by atoms with Gasteiger partial charge in [-0.2, -0.15) is 0 Å². The molecule has 5 heteroatoms. The fourth-order valence-electron chi connectivity index (χ4n) is 1.72. The topological polar surface area (TPSA) is 74.6 Å². The molecule has 2 atom stereocenters. The SMILES string of the molecule is O=C(O)C1CCCCC1C(=O)O.[NaH]. The summed E-state index contributed by atoms with van der Waals surface area (Å²) in [5, 5.41) is 17.4. The van der Waals surface area contributed by atoms with Gasteiger partial charge in [0.1, 0.15) is 0 Å². The molecule has 4 nitrogen and oxygen atoms in total. The van der Waals surface area contributed by atoms with Gasteiger partial charge in [-0.3, -0.25) is 9.59 Å². The fraction of sp³-hybridized carbons (Fsp3) is 0.750. The molecule has 1 saturated carbocycles. The quantitative estimate of drug-likeness (QED) is 0.623. The fourth-order valence-corrected chi connectivity index (χ4v) is 1.72. The summed E-state index contributed by atoms with van der Waals surface area (Å²) in [6, 6.07) is 0. The van der Waals surface area contributed by atoms with Crippen LogP contribution in [0.4, 0.5) is 0 Å². The summed E-state index contributed by atoms with van der Waals surface area (Å²) in [6.07, 6.45) is 2.68. The van der Waals surface area contributed by atoms with E-state index in [2.05, 4.69) is 0 Å². The normalized spacial score (nSPS) is 27.4. The molecule has 0 amide bonds. The average molecular weight is 196 g/mol. The molecule has 1 aliphatic rings. The zero-order valence-corrected chi connectivity index (χ0v) is 6.69. The molecule has 0 saturated heterocycles. The van der Waals surface area contributed by atoms with E-state index in [0.717, 1.165) is 12.8 Å². The van der Waals surface area contributed by atoms with E-state index in [1.165, 1.54) is 0 Å². The molecule has 0 spiro atoms. The van der Waals surface area contributed by atoms with Crippen LogP contribution in [0.1, 0.15) is 25.7 Å². The molecule has 13 heavy (non-hydrogen) atoms. The van der Waals surface area contributed by atoms with Crippen molar-refractivity contribution in [2.75, 3.05) is 0 Å². The summed E-state index contributed by atoms with van der Waals surface area (Å²) in [4.78, 5) is 21.2. The molecule has 0 aromatic heterocycles. The number of aliphatic carboxylic acids is 2. The summed E-state index contributed by atoms with van der Waals surface area (Å²) in [7, 11) is 0. The van der Waals surface area contributed by atoms with Gasteiger partial charge in [0.25, 0.3) is 0 Å². The van der Waals surface area contributed by atoms with E-state index in [-0.39, 0.29) is 29.6 Å². The Morgan fingerprint density at radius 2 is 1.23 bits per heavy atom. The van der Waals surface area contributed by atoms with E-state index >= 15 is 0 Å². The molecule has 1 rings (SSSR count). The minimum atomic E-state index is -0.970. The molecular weight excluding hydrogens is 183 g/mol. The predicted molar refractivity (Wildman–Crippen MR) is 47.9 cm³/mol. The first-order chi connectivity index (χ1) is 5.63. The molecule has 70 valence electrons. The van der Waals surface area contributed by atoms with E-state index in [0.29, 0.717) is 12.8 Å². The van der Waals surface area contributed by atoms with E-state index in [9.17, 15) is 9.59 Å². The van der Waals surface area contributed by atoms with Crippen molar-refractivity contribution in [3.8, 4) is 0 Å². The number of rotatable bonds is 2. The summed E-state index contributed by atoms with van der Waals surface area (Å²) in [5.74, 6) is -3.28. The monoisotopic (exact) mass is 196 g/mol. The van der Waals surface area contributed by atoms with Crippen molar-refractivity contribution >= 4 is 41.5 Å². The van der Waals surface area contributed by atoms with Gasteiger partial charge in [-0.1, -0.05) is 12.8 Å². The van der Waals surface area contributed by atoms with Crippen molar-refractivity contribution in [2.24, 2.45) is 11.8 Å². The number of carbonyl (C=O) groups is 2. The van der Waals surface area contributed by atoms with E-state index in [1.807, 2.05) is 0 Å². The Labute approximate surface area is 98.6 Å². The van der Waals surface area contributed by atoms with Gasteiger partial charge >= 0.3 is 41.5 Å². The Hall–Kier alpha value is -0.0600. The van der Waals surface area contributed by atoms with Gasteiger partial charge in [0.2, 0.25) is 0 Å². The second-order valence-electron chi connectivity index (χ2n) is 3.17. The molecule has 1 aliphatic carbocycles. The summed E-state index contributed by atoms with van der Waals surface area (Å²) in [5.41, 5.74) is 0. The third-order valence-corrected chi connectivity index (χ3v) is 2.40.